The van der Waals surface area contributed by atoms with Crippen LogP contribution in [0, 0.1) is 5.41 Å². The van der Waals surface area contributed by atoms with Crippen LogP contribution >= 0.6 is 0 Å². The van der Waals surface area contributed by atoms with Gasteiger partial charge in [0.15, 0.2) is 5.82 Å². The summed E-state index contributed by atoms with van der Waals surface area (Å²) in [6.07, 6.45) is 7.74. The van der Waals surface area contributed by atoms with Crippen molar-refractivity contribution < 1.29 is 4.79 Å². The quantitative estimate of drug-likeness (QED) is 0.548. The second-order valence-corrected chi connectivity index (χ2v) is 5.13. The highest BCUT2D eigenvalue weighted by Gasteiger charge is 2.29. The van der Waals surface area contributed by atoms with Gasteiger partial charge in [-0.2, -0.15) is 0 Å². The largest absolute Gasteiger partial charge is 0.350 e. The molecule has 0 atom stereocenters. The van der Waals surface area contributed by atoms with Crippen molar-refractivity contribution in [2.45, 2.75) is 32.6 Å². The number of hydrogen-bond acceptors (Lipinski definition) is 5. The van der Waals surface area contributed by atoms with Crippen LogP contribution in [-0.2, 0) is 0 Å². The molecule has 2 rings (SSSR count). The Hall–Kier alpha value is -1.69. The predicted molar refractivity (Wildman–Crippen MR) is 68.8 cm³/mol. The van der Waals surface area contributed by atoms with Crippen molar-refractivity contribution in [3.63, 3.8) is 0 Å². The maximum Gasteiger partial charge on any atom is 0.271 e. The molecule has 6 heteroatoms. The molecule has 98 valence electrons. The first-order valence-corrected chi connectivity index (χ1v) is 6.20. The first kappa shape index (κ1) is 12.8. The van der Waals surface area contributed by atoms with Crippen LogP contribution in [0.25, 0.3) is 0 Å². The lowest BCUT2D eigenvalue weighted by molar-refractivity contribution is 0.0929. The molecule has 0 radical (unpaired) electrons. The van der Waals surface area contributed by atoms with Crippen LogP contribution in [0.3, 0.4) is 0 Å². The summed E-state index contributed by atoms with van der Waals surface area (Å²) >= 11 is 0. The number of nitrogens with one attached hydrogen (secondary N) is 2. The number of rotatable bonds is 4. The van der Waals surface area contributed by atoms with Gasteiger partial charge in [-0.05, 0) is 18.3 Å². The number of nitrogens with zero attached hydrogens (tertiary/aromatic N) is 2. The zero-order valence-electron chi connectivity index (χ0n) is 10.6. The summed E-state index contributed by atoms with van der Waals surface area (Å²) in [6.45, 7) is 2.90. The normalized spacial score (nSPS) is 17.4. The average Bonchev–Trinajstić information content (AvgIpc) is 2.83. The predicted octanol–water partition coefficient (Wildman–Crippen LogP) is 1.07. The summed E-state index contributed by atoms with van der Waals surface area (Å²) in [5.74, 6) is 5.41. The molecule has 0 unspecified atom stereocenters. The summed E-state index contributed by atoms with van der Waals surface area (Å²) in [5.41, 5.74) is 2.89. The zero-order valence-corrected chi connectivity index (χ0v) is 10.6. The van der Waals surface area contributed by atoms with Gasteiger partial charge in [0, 0.05) is 6.54 Å². The molecule has 1 aliphatic carbocycles. The second-order valence-electron chi connectivity index (χ2n) is 5.13. The fourth-order valence-electron chi connectivity index (χ4n) is 2.33. The van der Waals surface area contributed by atoms with Crippen LogP contribution in [0.5, 0.6) is 0 Å². The number of hydrogen-bond donors (Lipinski definition) is 3. The molecule has 6 nitrogen and oxygen atoms in total. The first-order chi connectivity index (χ1) is 8.63. The van der Waals surface area contributed by atoms with Gasteiger partial charge in [0.05, 0.1) is 12.4 Å². The van der Waals surface area contributed by atoms with Crippen molar-refractivity contribution in [3.8, 4) is 0 Å². The number of carbonyl (C=O) groups is 1. The summed E-state index contributed by atoms with van der Waals surface area (Å²) < 4.78 is 0. The Kier molecular flexibility index (Phi) is 3.76. The lowest BCUT2D eigenvalue weighted by atomic mass is 9.89. The zero-order chi connectivity index (χ0) is 13.0. The standard InChI is InChI=1S/C12H19N5O/c1-12(4-2-3-5-12)8-15-11(18)9-6-14-7-10(16-9)17-13/h6-7H,2-5,8,13H2,1H3,(H,15,18)(H,16,17). The molecule has 0 saturated heterocycles. The molecule has 4 N–H and O–H groups in total. The van der Waals surface area contributed by atoms with Crippen molar-refractivity contribution in [2.24, 2.45) is 11.3 Å². The number of nitrogen functional groups attached to an aromatic ring is 1. The monoisotopic (exact) mass is 249 g/mol. The third-order valence-corrected chi connectivity index (χ3v) is 3.50. The maximum absolute atomic E-state index is 11.9. The van der Waals surface area contributed by atoms with E-state index in [-0.39, 0.29) is 17.0 Å². The third kappa shape index (κ3) is 2.95. The second kappa shape index (κ2) is 5.30. The van der Waals surface area contributed by atoms with Gasteiger partial charge in [0.1, 0.15) is 5.69 Å². The van der Waals surface area contributed by atoms with E-state index < -0.39 is 0 Å². The summed E-state index contributed by atoms with van der Waals surface area (Å²) in [4.78, 5) is 19.9. The molecule has 1 aliphatic rings. The minimum atomic E-state index is -0.201. The van der Waals surface area contributed by atoms with Crippen LogP contribution in [0.4, 0.5) is 5.82 Å². The van der Waals surface area contributed by atoms with E-state index in [1.165, 1.54) is 38.1 Å². The number of nitrogens with two attached hydrogens (primary N) is 1. The van der Waals surface area contributed by atoms with Gasteiger partial charge in [-0.1, -0.05) is 19.8 Å². The lowest BCUT2D eigenvalue weighted by Crippen LogP contribution is -2.34. The van der Waals surface area contributed by atoms with Gasteiger partial charge in [0.25, 0.3) is 5.91 Å². The van der Waals surface area contributed by atoms with Gasteiger partial charge >= 0.3 is 0 Å². The Morgan fingerprint density at radius 2 is 2.17 bits per heavy atom. The van der Waals surface area contributed by atoms with Crippen molar-refractivity contribution in [1.29, 1.82) is 0 Å². The smallest absolute Gasteiger partial charge is 0.271 e. The van der Waals surface area contributed by atoms with E-state index >= 15 is 0 Å². The molecule has 1 saturated carbocycles. The van der Waals surface area contributed by atoms with Gasteiger partial charge in [-0.3, -0.25) is 9.78 Å². The highest BCUT2D eigenvalue weighted by molar-refractivity contribution is 5.92. The van der Waals surface area contributed by atoms with Crippen LogP contribution in [-0.4, -0.2) is 22.4 Å². The summed E-state index contributed by atoms with van der Waals surface area (Å²) in [6, 6.07) is 0. The Morgan fingerprint density at radius 3 is 2.83 bits per heavy atom. The summed E-state index contributed by atoms with van der Waals surface area (Å²) in [5, 5.41) is 2.92. The first-order valence-electron chi connectivity index (χ1n) is 6.20. The van der Waals surface area contributed by atoms with Crippen LogP contribution < -0.4 is 16.6 Å². The molecular weight excluding hydrogens is 230 g/mol. The van der Waals surface area contributed by atoms with Crippen molar-refractivity contribution >= 4 is 11.7 Å². The molecule has 1 aromatic heterocycles. The van der Waals surface area contributed by atoms with Gasteiger partial charge in [-0.15, -0.1) is 0 Å². The topological polar surface area (TPSA) is 92.9 Å². The van der Waals surface area contributed by atoms with E-state index in [0.717, 1.165) is 0 Å². The van der Waals surface area contributed by atoms with E-state index in [0.29, 0.717) is 12.4 Å². The highest BCUT2D eigenvalue weighted by Crippen LogP contribution is 2.36. The molecule has 1 heterocycles. The van der Waals surface area contributed by atoms with E-state index in [1.54, 1.807) is 0 Å². The average molecular weight is 249 g/mol. The molecule has 1 aromatic rings. The van der Waals surface area contributed by atoms with Crippen molar-refractivity contribution in [2.75, 3.05) is 12.0 Å². The van der Waals surface area contributed by atoms with E-state index in [9.17, 15) is 4.79 Å². The molecule has 0 aliphatic heterocycles. The van der Waals surface area contributed by atoms with E-state index in [1.807, 2.05) is 0 Å². The number of amides is 1. The van der Waals surface area contributed by atoms with Crippen LogP contribution in [0.1, 0.15) is 43.1 Å². The molecule has 0 bridgehead atoms. The maximum atomic E-state index is 11.9. The minimum absolute atomic E-state index is 0.201. The fourth-order valence-corrected chi connectivity index (χ4v) is 2.33. The molecular formula is C12H19N5O. The lowest BCUT2D eigenvalue weighted by Gasteiger charge is -2.23. The number of carbonyl (C=O) groups excluding carboxylic acids is 1. The highest BCUT2D eigenvalue weighted by atomic mass is 16.1. The van der Waals surface area contributed by atoms with Gasteiger partial charge < -0.3 is 10.7 Å². The molecule has 18 heavy (non-hydrogen) atoms. The SMILES string of the molecule is CC1(CNC(=O)c2cncc(NN)n2)CCCC1. The van der Waals surface area contributed by atoms with Crippen LogP contribution in [0.2, 0.25) is 0 Å². The summed E-state index contributed by atoms with van der Waals surface area (Å²) in [7, 11) is 0. The Morgan fingerprint density at radius 1 is 1.44 bits per heavy atom. The third-order valence-electron chi connectivity index (χ3n) is 3.50. The van der Waals surface area contributed by atoms with Crippen molar-refractivity contribution in [1.82, 2.24) is 15.3 Å². The number of hydrazine groups is 1. The molecule has 1 amide bonds. The minimum Gasteiger partial charge on any atom is -0.350 e. The fraction of sp³-hybridized carbons (Fsp3) is 0.583. The Bertz CT molecular complexity index is 428. The Balaban J connectivity index is 1.94. The van der Waals surface area contributed by atoms with Gasteiger partial charge in [-0.25, -0.2) is 10.8 Å². The number of anilines is 1. The van der Waals surface area contributed by atoms with Crippen molar-refractivity contribution in [3.05, 3.63) is 18.1 Å². The Labute approximate surface area is 106 Å². The molecule has 0 aromatic carbocycles. The number of aromatic nitrogens is 2. The van der Waals surface area contributed by atoms with Gasteiger partial charge in [0.2, 0.25) is 0 Å². The molecule has 1 fully saturated rings. The molecule has 0 spiro atoms. The van der Waals surface area contributed by atoms with E-state index in [2.05, 4.69) is 27.6 Å². The van der Waals surface area contributed by atoms with Crippen LogP contribution in [0.15, 0.2) is 12.4 Å². The van der Waals surface area contributed by atoms with E-state index in [4.69, 9.17) is 5.84 Å².